The SMILES string of the molecule is [Cl-].[Cl-].[Cl-].[OH-].[Re].c1ccc(P(CP(c2ccccc2)c2ccccc2)c2ccccc2)cc1. The molecule has 171 valence electrons. The van der Waals surface area contributed by atoms with Crippen LogP contribution in [0.25, 0.3) is 0 Å². The maximum Gasteiger partial charge on any atom is 0.00405 e. The molecule has 4 aromatic rings. The monoisotopic (exact) mass is 693 g/mol. The van der Waals surface area contributed by atoms with Crippen molar-refractivity contribution in [3.8, 4) is 0 Å². The third-order valence-electron chi connectivity index (χ3n) is 4.55. The molecular weight excluding hydrogens is 671 g/mol. The molecule has 4 rings (SSSR count). The van der Waals surface area contributed by atoms with Crippen molar-refractivity contribution < 1.29 is 63.1 Å². The van der Waals surface area contributed by atoms with E-state index in [0.29, 0.717) is 0 Å². The second-order valence-electron chi connectivity index (χ2n) is 6.34. The van der Waals surface area contributed by atoms with E-state index in [1.54, 1.807) is 0 Å². The molecule has 0 aliphatic carbocycles. The first-order valence-electron chi connectivity index (χ1n) is 9.17. The van der Waals surface area contributed by atoms with Crippen LogP contribution in [0.1, 0.15) is 0 Å². The molecule has 0 atom stereocenters. The molecular formula is C25H23Cl3OP2Re-4. The molecule has 0 aliphatic heterocycles. The Bertz CT molecular complexity index is 805. The van der Waals surface area contributed by atoms with E-state index < -0.39 is 15.8 Å². The van der Waals surface area contributed by atoms with Crippen molar-refractivity contribution in [2.45, 2.75) is 0 Å². The zero-order chi connectivity index (χ0) is 18.3. The van der Waals surface area contributed by atoms with Gasteiger partial charge in [-0.3, -0.25) is 0 Å². The first kappa shape index (κ1) is 33.4. The average molecular weight is 694 g/mol. The van der Waals surface area contributed by atoms with E-state index in [-0.39, 0.29) is 63.1 Å². The molecule has 0 spiro atoms. The predicted octanol–water partition coefficient (Wildman–Crippen LogP) is -3.96. The fourth-order valence-corrected chi connectivity index (χ4v) is 9.67. The van der Waals surface area contributed by atoms with Crippen LogP contribution in [0.4, 0.5) is 0 Å². The van der Waals surface area contributed by atoms with Crippen molar-refractivity contribution in [1.29, 1.82) is 0 Å². The fraction of sp³-hybridized carbons (Fsp3) is 0.0400. The van der Waals surface area contributed by atoms with Gasteiger partial charge in [-0.2, -0.15) is 0 Å². The Morgan fingerprint density at radius 2 is 0.562 bits per heavy atom. The quantitative estimate of drug-likeness (QED) is 0.190. The Labute approximate surface area is 226 Å². The number of benzene rings is 4. The first-order chi connectivity index (χ1) is 13.4. The molecule has 1 nitrogen and oxygen atoms in total. The largest absolute Gasteiger partial charge is 1.00 e. The van der Waals surface area contributed by atoms with Crippen molar-refractivity contribution in [3.63, 3.8) is 0 Å². The minimum Gasteiger partial charge on any atom is -1.00 e. The molecule has 0 amide bonds. The summed E-state index contributed by atoms with van der Waals surface area (Å²) in [7, 11) is -0.817. The molecule has 7 heteroatoms. The Morgan fingerprint density at radius 3 is 0.750 bits per heavy atom. The van der Waals surface area contributed by atoms with E-state index in [1.807, 2.05) is 0 Å². The van der Waals surface area contributed by atoms with Crippen LogP contribution in [-0.4, -0.2) is 11.4 Å². The zero-order valence-corrected chi connectivity index (χ0v) is 23.9. The predicted molar refractivity (Wildman–Crippen MR) is 125 cm³/mol. The normalized spacial score (nSPS) is 9.31. The molecule has 0 unspecified atom stereocenters. The van der Waals surface area contributed by atoms with Crippen LogP contribution < -0.4 is 58.4 Å². The summed E-state index contributed by atoms with van der Waals surface area (Å²) in [6.07, 6.45) is 0. The maximum atomic E-state index is 2.29. The number of hydrogen-bond acceptors (Lipinski definition) is 1. The molecule has 32 heavy (non-hydrogen) atoms. The smallest absolute Gasteiger partial charge is 0.00405 e. The third kappa shape index (κ3) is 8.88. The van der Waals surface area contributed by atoms with E-state index in [1.165, 1.54) is 27.1 Å². The van der Waals surface area contributed by atoms with Crippen LogP contribution >= 0.6 is 15.8 Å². The summed E-state index contributed by atoms with van der Waals surface area (Å²) in [5, 5.41) is 5.83. The zero-order valence-electron chi connectivity index (χ0n) is 17.1. The van der Waals surface area contributed by atoms with Gasteiger partial charge in [0.25, 0.3) is 0 Å². The van der Waals surface area contributed by atoms with Gasteiger partial charge in [-0.15, -0.1) is 0 Å². The van der Waals surface area contributed by atoms with Crippen LogP contribution in [0.2, 0.25) is 0 Å². The summed E-state index contributed by atoms with van der Waals surface area (Å²) in [6, 6.07) is 44.1. The third-order valence-corrected chi connectivity index (χ3v) is 10.5. The first-order valence-corrected chi connectivity index (χ1v) is 12.2. The van der Waals surface area contributed by atoms with Gasteiger partial charge in [0.1, 0.15) is 0 Å². The number of halogens is 3. The van der Waals surface area contributed by atoms with Crippen molar-refractivity contribution in [3.05, 3.63) is 121 Å². The van der Waals surface area contributed by atoms with Crippen LogP contribution in [0.15, 0.2) is 121 Å². The molecule has 1 radical (unpaired) electrons. The summed E-state index contributed by atoms with van der Waals surface area (Å²) >= 11 is 0. The van der Waals surface area contributed by atoms with E-state index in [0.717, 1.165) is 0 Å². The van der Waals surface area contributed by atoms with Crippen molar-refractivity contribution in [2.24, 2.45) is 0 Å². The van der Waals surface area contributed by atoms with Crippen LogP contribution in [-0.2, 0) is 20.4 Å². The number of hydrogen-bond donors (Lipinski definition) is 0. The Kier molecular flexibility index (Phi) is 18.5. The molecule has 0 saturated carbocycles. The van der Waals surface area contributed by atoms with Crippen molar-refractivity contribution in [1.82, 2.24) is 0 Å². The van der Waals surface area contributed by atoms with Crippen LogP contribution in [0.3, 0.4) is 0 Å². The molecule has 0 aromatic heterocycles. The minimum atomic E-state index is -0.409. The van der Waals surface area contributed by atoms with Gasteiger partial charge in [-0.25, -0.2) is 0 Å². The molecule has 4 aromatic carbocycles. The fourth-order valence-electron chi connectivity index (χ4n) is 3.20. The summed E-state index contributed by atoms with van der Waals surface area (Å²) < 4.78 is 0. The van der Waals surface area contributed by atoms with Crippen LogP contribution in [0.5, 0.6) is 0 Å². The second kappa shape index (κ2) is 17.7. The summed E-state index contributed by atoms with van der Waals surface area (Å²) in [6.45, 7) is 0. The van der Waals surface area contributed by atoms with Gasteiger partial charge >= 0.3 is 0 Å². The van der Waals surface area contributed by atoms with E-state index >= 15 is 0 Å². The van der Waals surface area contributed by atoms with Gasteiger partial charge in [-0.1, -0.05) is 121 Å². The van der Waals surface area contributed by atoms with Crippen molar-refractivity contribution >= 4 is 37.1 Å². The minimum absolute atomic E-state index is 0. The summed E-state index contributed by atoms with van der Waals surface area (Å²) in [5.74, 6) is 1.17. The van der Waals surface area contributed by atoms with Gasteiger partial charge in [0.15, 0.2) is 0 Å². The van der Waals surface area contributed by atoms with Gasteiger partial charge in [-0.05, 0) is 37.1 Å². The standard InChI is InChI=1S/C25H22P2.3ClH.H2O.Re/c1-5-13-22(14-6-1)26(23-15-7-2-8-16-23)21-27(24-17-9-3-10-18-24)25-19-11-4-12-20-25;;;;;/h1-20H,21H2;3*1H;1H2;/p-4. The second-order valence-corrected chi connectivity index (χ2v) is 11.2. The average Bonchev–Trinajstić information content (AvgIpc) is 2.77. The van der Waals surface area contributed by atoms with Gasteiger partial charge in [0, 0.05) is 26.3 Å². The molecule has 0 heterocycles. The molecule has 0 saturated heterocycles. The molecule has 0 fully saturated rings. The summed E-state index contributed by atoms with van der Waals surface area (Å²) in [5.41, 5.74) is 0. The Hall–Kier alpha value is -0.768. The van der Waals surface area contributed by atoms with E-state index in [9.17, 15) is 0 Å². The van der Waals surface area contributed by atoms with Gasteiger partial charge in [0.05, 0.1) is 0 Å². The molecule has 1 N–H and O–H groups in total. The van der Waals surface area contributed by atoms with Gasteiger partial charge < -0.3 is 42.7 Å². The topological polar surface area (TPSA) is 30.0 Å². The Balaban J connectivity index is 0. The Morgan fingerprint density at radius 1 is 0.375 bits per heavy atom. The van der Waals surface area contributed by atoms with E-state index in [4.69, 9.17) is 0 Å². The van der Waals surface area contributed by atoms with Gasteiger partial charge in [0.2, 0.25) is 0 Å². The molecule has 0 aliphatic rings. The maximum absolute atomic E-state index is 2.29. The van der Waals surface area contributed by atoms with E-state index in [2.05, 4.69) is 121 Å². The summed E-state index contributed by atoms with van der Waals surface area (Å²) in [4.78, 5) is 0. The molecule has 0 bridgehead atoms. The number of rotatable bonds is 6. The van der Waals surface area contributed by atoms with Crippen molar-refractivity contribution in [2.75, 3.05) is 5.90 Å². The van der Waals surface area contributed by atoms with Crippen LogP contribution in [0, 0.1) is 0 Å².